The number of hydrogen-bond donors (Lipinski definition) is 0. The molecule has 0 aliphatic carbocycles. The van der Waals surface area contributed by atoms with Crippen LogP contribution in [-0.4, -0.2) is 39.9 Å². The largest absolute Gasteiger partial charge is 2.00 e. The first-order valence-corrected chi connectivity index (χ1v) is 16.3. The minimum absolute atomic E-state index is 0. The Labute approximate surface area is 264 Å². The van der Waals surface area contributed by atoms with Gasteiger partial charge in [0.05, 0.1) is 49.8 Å². The second-order valence-corrected chi connectivity index (χ2v) is 12.8. The van der Waals surface area contributed by atoms with Gasteiger partial charge in [-0.25, -0.2) is 0 Å². The molecule has 3 aromatic rings. The average molecular weight is 768 g/mol. The van der Waals surface area contributed by atoms with Crippen LogP contribution in [0.25, 0.3) is 0 Å². The molecule has 0 fully saturated rings. The molecule has 1 aliphatic rings. The number of rotatable bonds is 10. The molecule has 3 atom stereocenters. The van der Waals surface area contributed by atoms with Gasteiger partial charge >= 0.3 is 82.8 Å². The number of aromatic nitrogens is 3. The molecule has 1 aliphatic heterocycles. The molecule has 0 aromatic carbocycles. The van der Waals surface area contributed by atoms with Crippen LogP contribution in [-0.2, 0) is 55.5 Å². The molecule has 0 spiro atoms. The molecule has 7 nitrogen and oxygen atoms in total. The smallest absolute Gasteiger partial charge is 2.00 e. The number of ether oxygens (including phenoxy) is 4. The van der Waals surface area contributed by atoms with Crippen LogP contribution in [0.3, 0.4) is 0 Å². The van der Waals surface area contributed by atoms with Crippen LogP contribution < -0.4 is 0 Å². The zero-order valence-electron chi connectivity index (χ0n) is 22.9. The van der Waals surface area contributed by atoms with Crippen molar-refractivity contribution in [3.8, 4) is 0 Å². The van der Waals surface area contributed by atoms with Crippen LogP contribution >= 0.6 is 15.6 Å². The van der Waals surface area contributed by atoms with Gasteiger partial charge in [0, 0.05) is 18.6 Å². The minimum Gasteiger partial charge on any atom is 2.00 e. The van der Waals surface area contributed by atoms with Gasteiger partial charge in [-0.3, -0.25) is 15.0 Å². The van der Waals surface area contributed by atoms with Gasteiger partial charge in [0.1, 0.15) is 18.3 Å². The number of halogens is 12. The first-order chi connectivity index (χ1) is 20.3. The Morgan fingerprint density at radius 1 is 0.587 bits per heavy atom. The van der Waals surface area contributed by atoms with Gasteiger partial charge in [-0.2, -0.15) is 0 Å². The fourth-order valence-electron chi connectivity index (χ4n) is 3.20. The van der Waals surface area contributed by atoms with Gasteiger partial charge in [0.2, 0.25) is 0 Å². The molecule has 0 unspecified atom stereocenters. The third-order valence-corrected chi connectivity index (χ3v) is 4.77. The maximum absolute atomic E-state index is 10.7. The predicted octanol–water partition coefficient (Wildman–Crippen LogP) is 10.2. The van der Waals surface area contributed by atoms with Crippen LogP contribution in [0.1, 0.15) is 17.1 Å². The van der Waals surface area contributed by atoms with Gasteiger partial charge in [0.15, 0.2) is 0 Å². The van der Waals surface area contributed by atoms with Crippen LogP contribution in [0.4, 0.5) is 50.4 Å². The SMILES string of the molecule is C1=C[C@@H](OCc2ccccn2)[C@@H](OCc2ccccn2)[C@@H](COCc2ccccn2)O1.F[P-](F)(F)(F)(F)F.F[P-](F)(F)(F)(F)F.[Co+2]. The molecule has 3 aromatic heterocycles. The Morgan fingerprint density at radius 3 is 1.37 bits per heavy atom. The molecule has 4 rings (SSSR count). The second kappa shape index (κ2) is 14.7. The van der Waals surface area contributed by atoms with Crippen LogP contribution in [0.5, 0.6) is 0 Å². The summed E-state index contributed by atoms with van der Waals surface area (Å²) in [6, 6.07) is 17.2. The summed E-state index contributed by atoms with van der Waals surface area (Å²) in [5.74, 6) is 0. The van der Waals surface area contributed by atoms with E-state index in [4.69, 9.17) is 18.9 Å². The Hall–Kier alpha value is -2.60. The summed E-state index contributed by atoms with van der Waals surface area (Å²) >= 11 is 0. The number of pyridine rings is 3. The maximum atomic E-state index is 9.87. The molecule has 0 bridgehead atoms. The third-order valence-electron chi connectivity index (χ3n) is 4.77. The minimum atomic E-state index is -10.7. The van der Waals surface area contributed by atoms with E-state index in [-0.39, 0.29) is 35.1 Å². The van der Waals surface area contributed by atoms with E-state index in [1.54, 1.807) is 24.9 Å². The van der Waals surface area contributed by atoms with E-state index < -0.39 is 15.6 Å². The van der Waals surface area contributed by atoms with Crippen LogP contribution in [0.15, 0.2) is 85.5 Å². The molecule has 0 saturated carbocycles. The normalized spacial score (nSPS) is 20.7. The Bertz CT molecular complexity index is 1310. The zero-order chi connectivity index (χ0) is 34.0. The van der Waals surface area contributed by atoms with Gasteiger partial charge in [-0.1, -0.05) is 18.2 Å². The van der Waals surface area contributed by atoms with E-state index in [2.05, 4.69) is 15.0 Å². The summed E-state index contributed by atoms with van der Waals surface area (Å²) in [6.07, 6.45) is 7.77. The van der Waals surface area contributed by atoms with Crippen molar-refractivity contribution in [2.75, 3.05) is 6.61 Å². The van der Waals surface area contributed by atoms with Crippen LogP contribution in [0, 0.1) is 0 Å². The van der Waals surface area contributed by atoms with Crippen molar-refractivity contribution in [3.63, 3.8) is 0 Å². The quantitative estimate of drug-likeness (QED) is 0.150. The van der Waals surface area contributed by atoms with Gasteiger partial charge < -0.3 is 18.9 Å². The monoisotopic (exact) mass is 768 g/mol. The molecule has 46 heavy (non-hydrogen) atoms. The number of hydrogen-bond acceptors (Lipinski definition) is 7. The van der Waals surface area contributed by atoms with Crippen molar-refractivity contribution < 1.29 is 86.1 Å². The second-order valence-electron chi connectivity index (χ2n) is 8.95. The molecular formula is C24H25CoF12N3O4P2. The summed E-state index contributed by atoms with van der Waals surface area (Å²) in [6.45, 7) is 1.47. The van der Waals surface area contributed by atoms with Crippen molar-refractivity contribution in [2.24, 2.45) is 0 Å². The fourth-order valence-corrected chi connectivity index (χ4v) is 3.20. The molecule has 0 N–H and O–H groups in total. The Kier molecular flexibility index (Phi) is 13.2. The third kappa shape index (κ3) is 25.6. The van der Waals surface area contributed by atoms with Crippen molar-refractivity contribution in [1.82, 2.24) is 15.0 Å². The van der Waals surface area contributed by atoms with E-state index in [1.807, 2.05) is 60.7 Å². The fraction of sp³-hybridized carbons (Fsp3) is 0.292. The van der Waals surface area contributed by atoms with Gasteiger partial charge in [-0.15, -0.1) is 0 Å². The maximum Gasteiger partial charge on any atom is 2.00 e. The van der Waals surface area contributed by atoms with Crippen molar-refractivity contribution >= 4 is 15.6 Å². The average Bonchev–Trinajstić information content (AvgIpc) is 2.89. The number of nitrogens with zero attached hydrogens (tertiary/aromatic N) is 3. The van der Waals surface area contributed by atoms with Crippen LogP contribution in [0.2, 0.25) is 0 Å². The van der Waals surface area contributed by atoms with E-state index in [0.29, 0.717) is 26.4 Å². The molecule has 1 radical (unpaired) electrons. The van der Waals surface area contributed by atoms with E-state index >= 15 is 0 Å². The van der Waals surface area contributed by atoms with Gasteiger partial charge in [0.25, 0.3) is 0 Å². The van der Waals surface area contributed by atoms with E-state index in [0.717, 1.165) is 17.1 Å². The molecule has 0 amide bonds. The molecule has 22 heteroatoms. The summed E-state index contributed by atoms with van der Waals surface area (Å²) in [5.41, 5.74) is 2.56. The molecule has 263 valence electrons. The summed E-state index contributed by atoms with van der Waals surface area (Å²) in [4.78, 5) is 12.9. The topological polar surface area (TPSA) is 75.6 Å². The Balaban J connectivity index is 0.000000592. The predicted molar refractivity (Wildman–Crippen MR) is 141 cm³/mol. The van der Waals surface area contributed by atoms with Crippen molar-refractivity contribution in [1.29, 1.82) is 0 Å². The van der Waals surface area contributed by atoms with E-state index in [9.17, 15) is 50.4 Å². The summed E-state index contributed by atoms with van der Waals surface area (Å²) in [5, 5.41) is 0. The first kappa shape index (κ1) is 41.4. The van der Waals surface area contributed by atoms with Crippen molar-refractivity contribution in [2.45, 2.75) is 38.1 Å². The van der Waals surface area contributed by atoms with Crippen molar-refractivity contribution in [3.05, 3.63) is 103 Å². The summed E-state index contributed by atoms with van der Waals surface area (Å²) < 4.78 is 142. The van der Waals surface area contributed by atoms with E-state index in [1.165, 1.54) is 0 Å². The molecular weight excluding hydrogens is 743 g/mol. The molecule has 4 heterocycles. The molecule has 0 saturated heterocycles. The summed E-state index contributed by atoms with van der Waals surface area (Å²) in [7, 11) is -21.3. The Morgan fingerprint density at radius 2 is 0.978 bits per heavy atom. The first-order valence-electron chi connectivity index (χ1n) is 12.2. The van der Waals surface area contributed by atoms with Gasteiger partial charge in [-0.05, 0) is 42.5 Å². The zero-order valence-corrected chi connectivity index (χ0v) is 25.7. The standard InChI is InChI=1S/C24H25N3O4.Co.2F6P/c1-4-11-25-19(7-1)15-28-18-23-24(31-17-21-9-3-6-13-27-21)22(10-14-29-23)30-16-20-8-2-5-12-26-20;;2*1-7(2,3,4,5)6/h1-14,22-24H,15-18H2;;;/q;+2;2*-1/t22-,23-,24-;;;/m1.../s1.